The summed E-state index contributed by atoms with van der Waals surface area (Å²) in [5.41, 5.74) is 0.123. The maximum absolute atomic E-state index is 13.2. The van der Waals surface area contributed by atoms with Crippen molar-refractivity contribution in [3.63, 3.8) is 0 Å². The standard InChI is InChI=1S/C11H5BrCl2FN3O/c12-6-1-5(2-7(15)3-6)11(19)18-10-8(13)9(14)16-4-17-10/h1-4H,(H,16,17,18,19). The number of carbonyl (C=O) groups excluding carboxylic acids is 1. The summed E-state index contributed by atoms with van der Waals surface area (Å²) in [6.45, 7) is 0. The lowest BCUT2D eigenvalue weighted by Crippen LogP contribution is -2.14. The zero-order valence-corrected chi connectivity index (χ0v) is 12.2. The minimum absolute atomic E-state index is 0.0207. The van der Waals surface area contributed by atoms with Gasteiger partial charge in [-0.3, -0.25) is 4.79 Å². The molecule has 1 N–H and O–H groups in total. The number of nitrogens with zero attached hydrogens (tertiary/aromatic N) is 2. The fourth-order valence-electron chi connectivity index (χ4n) is 1.30. The predicted octanol–water partition coefficient (Wildman–Crippen LogP) is 3.94. The molecule has 0 saturated heterocycles. The predicted molar refractivity (Wildman–Crippen MR) is 74.1 cm³/mol. The molecular formula is C11H5BrCl2FN3O. The number of hydrogen-bond acceptors (Lipinski definition) is 3. The molecule has 0 spiro atoms. The average molecular weight is 365 g/mol. The quantitative estimate of drug-likeness (QED) is 0.821. The van der Waals surface area contributed by atoms with Crippen molar-refractivity contribution in [3.8, 4) is 0 Å². The van der Waals surface area contributed by atoms with E-state index < -0.39 is 11.7 Å². The number of anilines is 1. The van der Waals surface area contributed by atoms with Gasteiger partial charge in [-0.1, -0.05) is 39.1 Å². The van der Waals surface area contributed by atoms with Crippen molar-refractivity contribution in [1.82, 2.24) is 9.97 Å². The number of aromatic nitrogens is 2. The van der Waals surface area contributed by atoms with Crippen molar-refractivity contribution in [3.05, 3.63) is 50.6 Å². The van der Waals surface area contributed by atoms with Gasteiger partial charge in [-0.15, -0.1) is 0 Å². The second kappa shape index (κ2) is 5.81. The van der Waals surface area contributed by atoms with Crippen LogP contribution in [0.2, 0.25) is 10.2 Å². The van der Waals surface area contributed by atoms with Crippen molar-refractivity contribution in [2.75, 3.05) is 5.32 Å². The van der Waals surface area contributed by atoms with Crippen molar-refractivity contribution >= 4 is 50.9 Å². The van der Waals surface area contributed by atoms with Gasteiger partial charge in [0.2, 0.25) is 0 Å². The highest BCUT2D eigenvalue weighted by molar-refractivity contribution is 9.10. The van der Waals surface area contributed by atoms with Gasteiger partial charge < -0.3 is 5.32 Å². The van der Waals surface area contributed by atoms with Gasteiger partial charge in [0.1, 0.15) is 17.2 Å². The summed E-state index contributed by atoms with van der Waals surface area (Å²) in [7, 11) is 0. The molecule has 0 fully saturated rings. The molecule has 1 amide bonds. The largest absolute Gasteiger partial charge is 0.305 e. The second-order valence-electron chi connectivity index (χ2n) is 3.44. The fraction of sp³-hybridized carbons (Fsp3) is 0. The van der Waals surface area contributed by atoms with Gasteiger partial charge in [0.25, 0.3) is 5.91 Å². The van der Waals surface area contributed by atoms with Gasteiger partial charge in [0, 0.05) is 10.0 Å². The van der Waals surface area contributed by atoms with Crippen LogP contribution in [0.25, 0.3) is 0 Å². The van der Waals surface area contributed by atoms with E-state index in [0.29, 0.717) is 4.47 Å². The lowest BCUT2D eigenvalue weighted by atomic mass is 10.2. The van der Waals surface area contributed by atoms with E-state index in [0.717, 1.165) is 12.4 Å². The van der Waals surface area contributed by atoms with E-state index in [1.807, 2.05) is 0 Å². The van der Waals surface area contributed by atoms with E-state index >= 15 is 0 Å². The van der Waals surface area contributed by atoms with E-state index in [1.165, 1.54) is 12.1 Å². The van der Waals surface area contributed by atoms with Crippen LogP contribution < -0.4 is 5.32 Å². The summed E-state index contributed by atoms with van der Waals surface area (Å²) >= 11 is 14.6. The van der Waals surface area contributed by atoms with Crippen LogP contribution in [0.5, 0.6) is 0 Å². The number of nitrogens with one attached hydrogen (secondary N) is 1. The summed E-state index contributed by atoms with van der Waals surface area (Å²) in [6.07, 6.45) is 1.16. The van der Waals surface area contributed by atoms with Gasteiger partial charge in [-0.25, -0.2) is 14.4 Å². The maximum atomic E-state index is 13.2. The van der Waals surface area contributed by atoms with Crippen LogP contribution in [-0.2, 0) is 0 Å². The number of benzene rings is 1. The average Bonchev–Trinajstić information content (AvgIpc) is 2.33. The first-order valence-electron chi connectivity index (χ1n) is 4.91. The zero-order valence-electron chi connectivity index (χ0n) is 9.12. The van der Waals surface area contributed by atoms with Crippen LogP contribution in [0.3, 0.4) is 0 Å². The van der Waals surface area contributed by atoms with E-state index in [9.17, 15) is 9.18 Å². The van der Waals surface area contributed by atoms with Gasteiger partial charge in [-0.05, 0) is 18.2 Å². The number of halogens is 4. The fourth-order valence-corrected chi connectivity index (χ4v) is 2.04. The molecule has 0 radical (unpaired) electrons. The molecule has 1 heterocycles. The van der Waals surface area contributed by atoms with E-state index in [4.69, 9.17) is 23.2 Å². The van der Waals surface area contributed by atoms with Crippen LogP contribution in [-0.4, -0.2) is 15.9 Å². The monoisotopic (exact) mass is 363 g/mol. The lowest BCUT2D eigenvalue weighted by molar-refractivity contribution is 0.102. The first-order chi connectivity index (χ1) is 8.97. The summed E-state index contributed by atoms with van der Waals surface area (Å²) < 4.78 is 13.6. The van der Waals surface area contributed by atoms with Gasteiger partial charge in [0.05, 0.1) is 0 Å². The minimum Gasteiger partial charge on any atom is -0.305 e. The van der Waals surface area contributed by atoms with Gasteiger partial charge in [-0.2, -0.15) is 0 Å². The smallest absolute Gasteiger partial charge is 0.257 e. The Morgan fingerprint density at radius 1 is 1.26 bits per heavy atom. The highest BCUT2D eigenvalue weighted by Crippen LogP contribution is 2.26. The van der Waals surface area contributed by atoms with Gasteiger partial charge in [0.15, 0.2) is 11.0 Å². The Morgan fingerprint density at radius 3 is 2.68 bits per heavy atom. The molecule has 4 nitrogen and oxygen atoms in total. The third kappa shape index (κ3) is 3.40. The van der Waals surface area contributed by atoms with Crippen LogP contribution in [0, 0.1) is 5.82 Å². The normalized spacial score (nSPS) is 10.3. The molecule has 0 aliphatic rings. The summed E-state index contributed by atoms with van der Waals surface area (Å²) in [5, 5.41) is 2.47. The van der Waals surface area contributed by atoms with E-state index in [1.54, 1.807) is 0 Å². The molecule has 8 heteroatoms. The molecule has 2 rings (SSSR count). The van der Waals surface area contributed by atoms with Crippen LogP contribution >= 0.6 is 39.1 Å². The molecule has 19 heavy (non-hydrogen) atoms. The molecular weight excluding hydrogens is 360 g/mol. The molecule has 0 aliphatic heterocycles. The van der Waals surface area contributed by atoms with Crippen molar-refractivity contribution in [2.45, 2.75) is 0 Å². The van der Waals surface area contributed by atoms with E-state index in [2.05, 4.69) is 31.2 Å². The SMILES string of the molecule is O=C(Nc1ncnc(Cl)c1Cl)c1cc(F)cc(Br)c1. The topological polar surface area (TPSA) is 54.9 Å². The van der Waals surface area contributed by atoms with Crippen molar-refractivity contribution in [2.24, 2.45) is 0 Å². The first kappa shape index (κ1) is 14.2. The molecule has 1 aromatic carbocycles. The molecule has 0 unspecified atom stereocenters. The second-order valence-corrected chi connectivity index (χ2v) is 5.09. The maximum Gasteiger partial charge on any atom is 0.257 e. The molecule has 0 atom stereocenters. The lowest BCUT2D eigenvalue weighted by Gasteiger charge is -2.07. The third-order valence-corrected chi connectivity index (χ3v) is 3.30. The van der Waals surface area contributed by atoms with E-state index in [-0.39, 0.29) is 21.6 Å². The molecule has 0 bridgehead atoms. The number of rotatable bonds is 2. The Balaban J connectivity index is 2.28. The Kier molecular flexibility index (Phi) is 4.34. The highest BCUT2D eigenvalue weighted by atomic mass is 79.9. The minimum atomic E-state index is -0.558. The summed E-state index contributed by atoms with van der Waals surface area (Å²) in [5.74, 6) is -1.03. The van der Waals surface area contributed by atoms with Gasteiger partial charge >= 0.3 is 0 Å². The highest BCUT2D eigenvalue weighted by Gasteiger charge is 2.13. The first-order valence-corrected chi connectivity index (χ1v) is 6.45. The van der Waals surface area contributed by atoms with Crippen LogP contribution in [0.15, 0.2) is 29.0 Å². The zero-order chi connectivity index (χ0) is 14.0. The number of amides is 1. The summed E-state index contributed by atoms with van der Waals surface area (Å²) in [6, 6.07) is 3.80. The molecule has 1 aromatic heterocycles. The Labute approximate surface area is 126 Å². The molecule has 98 valence electrons. The molecule has 0 aliphatic carbocycles. The van der Waals surface area contributed by atoms with Crippen molar-refractivity contribution < 1.29 is 9.18 Å². The third-order valence-electron chi connectivity index (χ3n) is 2.10. The summed E-state index contributed by atoms with van der Waals surface area (Å²) in [4.78, 5) is 19.4. The number of carbonyl (C=O) groups is 1. The number of hydrogen-bond donors (Lipinski definition) is 1. The Morgan fingerprint density at radius 2 is 2.00 bits per heavy atom. The van der Waals surface area contributed by atoms with Crippen LogP contribution in [0.1, 0.15) is 10.4 Å². The Bertz CT molecular complexity index is 634. The molecule has 2 aromatic rings. The van der Waals surface area contributed by atoms with Crippen molar-refractivity contribution in [1.29, 1.82) is 0 Å². The van der Waals surface area contributed by atoms with Crippen LogP contribution in [0.4, 0.5) is 10.2 Å². The molecule has 0 saturated carbocycles. The Hall–Kier alpha value is -1.24.